The van der Waals surface area contributed by atoms with Crippen molar-refractivity contribution in [3.63, 3.8) is 0 Å². The second-order valence-electron chi connectivity index (χ2n) is 5.40. The summed E-state index contributed by atoms with van der Waals surface area (Å²) in [5.74, 6) is 1.07. The Morgan fingerprint density at radius 1 is 1.53 bits per heavy atom. The average Bonchev–Trinajstić information content (AvgIpc) is 2.87. The van der Waals surface area contributed by atoms with Crippen LogP contribution in [0.3, 0.4) is 0 Å². The molecule has 0 radical (unpaired) electrons. The first kappa shape index (κ1) is 13.8. The summed E-state index contributed by atoms with van der Waals surface area (Å²) < 4.78 is 0. The average molecular weight is 262 g/mol. The van der Waals surface area contributed by atoms with Crippen LogP contribution in [0.25, 0.3) is 0 Å². The molecule has 5 heteroatoms. The van der Waals surface area contributed by atoms with E-state index in [0.29, 0.717) is 0 Å². The zero-order valence-electron chi connectivity index (χ0n) is 11.5. The first-order valence-electron chi connectivity index (χ1n) is 6.80. The minimum atomic E-state index is -0.427. The highest BCUT2D eigenvalue weighted by molar-refractivity contribution is 5.82. The van der Waals surface area contributed by atoms with Crippen LogP contribution in [0.1, 0.15) is 20.3 Å². The Morgan fingerprint density at radius 2 is 2.32 bits per heavy atom. The van der Waals surface area contributed by atoms with Crippen molar-refractivity contribution in [2.45, 2.75) is 32.4 Å². The lowest BCUT2D eigenvalue weighted by Gasteiger charge is -2.20. The highest BCUT2D eigenvalue weighted by Crippen LogP contribution is 2.17. The number of hydrogen-bond donors (Lipinski definition) is 2. The predicted octanol–water partition coefficient (Wildman–Crippen LogP) is 0.760. The Bertz CT molecular complexity index is 421. The van der Waals surface area contributed by atoms with Crippen molar-refractivity contribution in [2.75, 3.05) is 18.0 Å². The number of nitrogens with one attached hydrogen (secondary N) is 1. The molecule has 1 aromatic heterocycles. The molecule has 1 saturated heterocycles. The summed E-state index contributed by atoms with van der Waals surface area (Å²) in [4.78, 5) is 18.4. The van der Waals surface area contributed by atoms with Crippen molar-refractivity contribution in [1.29, 1.82) is 0 Å². The summed E-state index contributed by atoms with van der Waals surface area (Å²) in [6.07, 6.45) is 2.73. The summed E-state index contributed by atoms with van der Waals surface area (Å²) in [5, 5.41) is 3.03. The first-order chi connectivity index (χ1) is 9.08. The molecule has 5 nitrogen and oxygen atoms in total. The Morgan fingerprint density at radius 3 is 2.95 bits per heavy atom. The van der Waals surface area contributed by atoms with Gasteiger partial charge in [-0.2, -0.15) is 0 Å². The first-order valence-corrected chi connectivity index (χ1v) is 6.80. The molecule has 0 aromatic carbocycles. The molecule has 2 atom stereocenters. The second kappa shape index (κ2) is 6.02. The van der Waals surface area contributed by atoms with Gasteiger partial charge in [-0.15, -0.1) is 0 Å². The summed E-state index contributed by atoms with van der Waals surface area (Å²) in [5.41, 5.74) is 5.85. The molecule has 0 aliphatic carbocycles. The molecule has 19 heavy (non-hydrogen) atoms. The smallest absolute Gasteiger partial charge is 0.237 e. The van der Waals surface area contributed by atoms with Gasteiger partial charge in [-0.3, -0.25) is 4.79 Å². The lowest BCUT2D eigenvalue weighted by Crippen LogP contribution is -2.48. The maximum Gasteiger partial charge on any atom is 0.237 e. The van der Waals surface area contributed by atoms with Crippen LogP contribution in [0.5, 0.6) is 0 Å². The van der Waals surface area contributed by atoms with Crippen molar-refractivity contribution in [1.82, 2.24) is 10.3 Å². The van der Waals surface area contributed by atoms with E-state index in [-0.39, 0.29) is 17.9 Å². The van der Waals surface area contributed by atoms with Crippen molar-refractivity contribution < 1.29 is 4.79 Å². The Balaban J connectivity index is 1.87. The molecule has 0 bridgehead atoms. The number of aromatic nitrogens is 1. The van der Waals surface area contributed by atoms with Crippen molar-refractivity contribution >= 4 is 11.7 Å². The van der Waals surface area contributed by atoms with Gasteiger partial charge >= 0.3 is 0 Å². The van der Waals surface area contributed by atoms with E-state index < -0.39 is 6.04 Å². The molecule has 104 valence electrons. The minimum absolute atomic E-state index is 0.0529. The van der Waals surface area contributed by atoms with Crippen LogP contribution < -0.4 is 16.0 Å². The summed E-state index contributed by atoms with van der Waals surface area (Å²) >= 11 is 0. The van der Waals surface area contributed by atoms with Gasteiger partial charge in [0.05, 0.1) is 6.04 Å². The number of pyridine rings is 1. The van der Waals surface area contributed by atoms with Gasteiger partial charge in [0.2, 0.25) is 5.91 Å². The topological polar surface area (TPSA) is 71.2 Å². The molecule has 1 fully saturated rings. The Hall–Kier alpha value is -1.62. The van der Waals surface area contributed by atoms with E-state index in [1.807, 2.05) is 32.0 Å². The number of nitrogens with zero attached hydrogens (tertiary/aromatic N) is 2. The molecular formula is C14H22N4O. The lowest BCUT2D eigenvalue weighted by atomic mass is 10.0. The molecule has 1 amide bonds. The number of amides is 1. The number of nitrogens with two attached hydrogens (primary N) is 1. The fourth-order valence-electron chi connectivity index (χ4n) is 2.23. The van der Waals surface area contributed by atoms with E-state index in [1.54, 1.807) is 6.20 Å². The number of carbonyl (C=O) groups excluding carboxylic acids is 1. The van der Waals surface area contributed by atoms with Crippen LogP contribution in [0.4, 0.5) is 5.82 Å². The summed E-state index contributed by atoms with van der Waals surface area (Å²) in [7, 11) is 0. The van der Waals surface area contributed by atoms with Crippen LogP contribution in [0.2, 0.25) is 0 Å². The highest BCUT2D eigenvalue weighted by atomic mass is 16.2. The molecule has 0 spiro atoms. The quantitative estimate of drug-likeness (QED) is 0.840. The van der Waals surface area contributed by atoms with Crippen molar-refractivity contribution in [3.8, 4) is 0 Å². The van der Waals surface area contributed by atoms with E-state index in [0.717, 1.165) is 25.3 Å². The van der Waals surface area contributed by atoms with Gasteiger partial charge in [-0.05, 0) is 24.5 Å². The third-order valence-corrected chi connectivity index (χ3v) is 3.53. The fraction of sp³-hybridized carbons (Fsp3) is 0.571. The minimum Gasteiger partial charge on any atom is -0.354 e. The zero-order chi connectivity index (χ0) is 13.8. The van der Waals surface area contributed by atoms with Crippen LogP contribution in [-0.2, 0) is 4.79 Å². The van der Waals surface area contributed by atoms with Gasteiger partial charge in [0, 0.05) is 25.3 Å². The normalized spacial score (nSPS) is 20.6. The van der Waals surface area contributed by atoms with E-state index in [9.17, 15) is 4.79 Å². The molecule has 1 aromatic rings. The Kier molecular flexibility index (Phi) is 4.37. The lowest BCUT2D eigenvalue weighted by molar-refractivity contribution is -0.123. The molecule has 3 N–H and O–H groups in total. The van der Waals surface area contributed by atoms with E-state index in [2.05, 4.69) is 15.2 Å². The van der Waals surface area contributed by atoms with E-state index >= 15 is 0 Å². The Labute approximate surface area is 114 Å². The number of rotatable bonds is 4. The third kappa shape index (κ3) is 3.44. The van der Waals surface area contributed by atoms with Gasteiger partial charge in [-0.25, -0.2) is 4.98 Å². The van der Waals surface area contributed by atoms with Gasteiger partial charge in [0.25, 0.3) is 0 Å². The van der Waals surface area contributed by atoms with Crippen LogP contribution in [0, 0.1) is 5.92 Å². The second-order valence-corrected chi connectivity index (χ2v) is 5.40. The molecule has 2 rings (SSSR count). The van der Waals surface area contributed by atoms with Crippen molar-refractivity contribution in [2.24, 2.45) is 11.7 Å². The third-order valence-electron chi connectivity index (χ3n) is 3.53. The van der Waals surface area contributed by atoms with Gasteiger partial charge < -0.3 is 16.0 Å². The maximum absolute atomic E-state index is 11.9. The fourth-order valence-corrected chi connectivity index (χ4v) is 2.23. The molecule has 1 aliphatic heterocycles. The number of carbonyl (C=O) groups is 1. The van der Waals surface area contributed by atoms with Gasteiger partial charge in [0.15, 0.2) is 0 Å². The van der Waals surface area contributed by atoms with E-state index in [4.69, 9.17) is 5.73 Å². The van der Waals surface area contributed by atoms with E-state index in [1.165, 1.54) is 0 Å². The van der Waals surface area contributed by atoms with Crippen LogP contribution in [-0.4, -0.2) is 36.1 Å². The largest absolute Gasteiger partial charge is 0.354 e. The van der Waals surface area contributed by atoms with Crippen LogP contribution >= 0.6 is 0 Å². The molecule has 1 aliphatic rings. The number of anilines is 1. The highest BCUT2D eigenvalue weighted by Gasteiger charge is 2.27. The molecular weight excluding hydrogens is 240 g/mol. The maximum atomic E-state index is 11.9. The molecule has 0 saturated carbocycles. The SMILES string of the molecule is CC(C)[C@H](N)C(=O)NC1CCN(c2ccccn2)C1. The monoisotopic (exact) mass is 262 g/mol. The molecule has 1 unspecified atom stereocenters. The standard InChI is InChI=1S/C14H22N4O/c1-10(2)13(15)14(19)17-11-6-8-18(9-11)12-5-3-4-7-16-12/h3-5,7,10-11,13H,6,8-9,15H2,1-2H3,(H,17,19)/t11?,13-/m0/s1. The van der Waals surface area contributed by atoms with Crippen molar-refractivity contribution in [3.05, 3.63) is 24.4 Å². The summed E-state index contributed by atoms with van der Waals surface area (Å²) in [6.45, 7) is 5.63. The van der Waals surface area contributed by atoms with Crippen LogP contribution in [0.15, 0.2) is 24.4 Å². The molecule has 2 heterocycles. The zero-order valence-corrected chi connectivity index (χ0v) is 11.5. The van der Waals surface area contributed by atoms with Gasteiger partial charge in [-0.1, -0.05) is 19.9 Å². The summed E-state index contributed by atoms with van der Waals surface area (Å²) in [6, 6.07) is 5.61. The number of hydrogen-bond acceptors (Lipinski definition) is 4. The van der Waals surface area contributed by atoms with Gasteiger partial charge in [0.1, 0.15) is 5.82 Å². The predicted molar refractivity (Wildman–Crippen MR) is 75.8 cm³/mol.